The highest BCUT2D eigenvalue weighted by Crippen LogP contribution is 2.28. The number of hydrogen-bond donors (Lipinski definition) is 2. The fraction of sp³-hybridized carbons (Fsp3) is 0.438. The Morgan fingerprint density at radius 1 is 1.20 bits per heavy atom. The Labute approximate surface area is 121 Å². The monoisotopic (exact) mass is 272 g/mol. The predicted molar refractivity (Wildman–Crippen MR) is 87.0 cm³/mol. The van der Waals surface area contributed by atoms with Crippen LogP contribution in [0.1, 0.15) is 13.8 Å². The quantitative estimate of drug-likeness (QED) is 0.822. The molecule has 108 valence electrons. The van der Waals surface area contributed by atoms with Crippen LogP contribution >= 0.6 is 0 Å². The zero-order chi connectivity index (χ0) is 14.7. The minimum atomic E-state index is 0.394. The van der Waals surface area contributed by atoms with Crippen LogP contribution in [0.25, 0.3) is 10.8 Å². The molecule has 0 saturated carbocycles. The normalized spacial score (nSPS) is 13.1. The van der Waals surface area contributed by atoms with Gasteiger partial charge in [0.05, 0.1) is 0 Å². The molecule has 4 nitrogen and oxygen atoms in total. The zero-order valence-electron chi connectivity index (χ0n) is 12.7. The summed E-state index contributed by atoms with van der Waals surface area (Å²) in [4.78, 5) is 6.37. The molecule has 0 fully saturated rings. The molecule has 0 radical (unpaired) electrons. The lowest BCUT2D eigenvalue weighted by Crippen LogP contribution is -2.36. The first kappa shape index (κ1) is 14.6. The molecule has 1 unspecified atom stereocenters. The van der Waals surface area contributed by atoms with Crippen LogP contribution in [0.15, 0.2) is 30.6 Å². The third-order valence-corrected chi connectivity index (χ3v) is 3.56. The van der Waals surface area contributed by atoms with Crippen LogP contribution in [0, 0.1) is 5.92 Å². The van der Waals surface area contributed by atoms with Gasteiger partial charge in [-0.2, -0.15) is 0 Å². The summed E-state index contributed by atoms with van der Waals surface area (Å²) in [6.07, 6.45) is 3.63. The van der Waals surface area contributed by atoms with E-state index in [4.69, 9.17) is 5.73 Å². The number of rotatable bonds is 5. The van der Waals surface area contributed by atoms with Crippen molar-refractivity contribution in [3.8, 4) is 0 Å². The van der Waals surface area contributed by atoms with Crippen molar-refractivity contribution in [1.82, 2.24) is 9.88 Å². The molecular formula is C16H24N4. The number of aromatic nitrogens is 1. The van der Waals surface area contributed by atoms with Crippen LogP contribution < -0.4 is 11.1 Å². The molecule has 20 heavy (non-hydrogen) atoms. The molecule has 0 aliphatic carbocycles. The summed E-state index contributed by atoms with van der Waals surface area (Å²) in [5, 5.41) is 5.79. The third kappa shape index (κ3) is 3.20. The number of pyridine rings is 1. The molecule has 0 amide bonds. The third-order valence-electron chi connectivity index (χ3n) is 3.56. The van der Waals surface area contributed by atoms with Crippen LogP contribution in [0.5, 0.6) is 0 Å². The van der Waals surface area contributed by atoms with Crippen molar-refractivity contribution in [2.24, 2.45) is 5.92 Å². The SMILES string of the molecule is CC(C)C(CN(C)C)Nc1ccc(N)c2cnccc12. The summed E-state index contributed by atoms with van der Waals surface area (Å²) in [5.74, 6) is 0.548. The summed E-state index contributed by atoms with van der Waals surface area (Å²) in [6, 6.07) is 6.41. The minimum absolute atomic E-state index is 0.394. The van der Waals surface area contributed by atoms with E-state index in [9.17, 15) is 0 Å². The minimum Gasteiger partial charge on any atom is -0.398 e. The molecule has 4 heteroatoms. The van der Waals surface area contributed by atoms with Crippen molar-refractivity contribution < 1.29 is 0 Å². The average Bonchev–Trinajstić information content (AvgIpc) is 2.40. The van der Waals surface area contributed by atoms with Gasteiger partial charge in [-0.1, -0.05) is 13.8 Å². The topological polar surface area (TPSA) is 54.2 Å². The van der Waals surface area contributed by atoms with Crippen molar-refractivity contribution in [2.45, 2.75) is 19.9 Å². The Hall–Kier alpha value is -1.81. The summed E-state index contributed by atoms with van der Waals surface area (Å²) < 4.78 is 0. The van der Waals surface area contributed by atoms with E-state index in [1.54, 1.807) is 0 Å². The highest BCUT2D eigenvalue weighted by atomic mass is 15.1. The van der Waals surface area contributed by atoms with Crippen molar-refractivity contribution in [3.63, 3.8) is 0 Å². The lowest BCUT2D eigenvalue weighted by atomic mass is 10.0. The van der Waals surface area contributed by atoms with Crippen molar-refractivity contribution in [2.75, 3.05) is 31.7 Å². The molecule has 1 aromatic carbocycles. The molecule has 1 aromatic heterocycles. The van der Waals surface area contributed by atoms with E-state index in [0.717, 1.165) is 28.7 Å². The largest absolute Gasteiger partial charge is 0.398 e. The molecule has 2 aromatic rings. The fourth-order valence-corrected chi connectivity index (χ4v) is 2.35. The number of hydrogen-bond acceptors (Lipinski definition) is 4. The lowest BCUT2D eigenvalue weighted by molar-refractivity contribution is 0.345. The number of likely N-dealkylation sites (N-methyl/N-ethyl adjacent to an activating group) is 1. The van der Waals surface area contributed by atoms with Gasteiger partial charge in [0.25, 0.3) is 0 Å². The van der Waals surface area contributed by atoms with E-state index in [0.29, 0.717) is 12.0 Å². The van der Waals surface area contributed by atoms with Crippen LogP contribution in [0.3, 0.4) is 0 Å². The molecule has 0 bridgehead atoms. The smallest absolute Gasteiger partial charge is 0.0425 e. The Balaban J connectivity index is 2.35. The first-order chi connectivity index (χ1) is 9.49. The summed E-state index contributed by atoms with van der Waals surface area (Å²) in [7, 11) is 4.20. The second kappa shape index (κ2) is 6.09. The maximum atomic E-state index is 6.02. The molecule has 1 heterocycles. The second-order valence-electron chi connectivity index (χ2n) is 5.88. The van der Waals surface area contributed by atoms with Gasteiger partial charge in [-0.15, -0.1) is 0 Å². The van der Waals surface area contributed by atoms with Gasteiger partial charge in [-0.3, -0.25) is 4.98 Å². The Morgan fingerprint density at radius 3 is 2.60 bits per heavy atom. The number of benzene rings is 1. The zero-order valence-corrected chi connectivity index (χ0v) is 12.7. The van der Waals surface area contributed by atoms with Gasteiger partial charge >= 0.3 is 0 Å². The summed E-state index contributed by atoms with van der Waals surface area (Å²) in [6.45, 7) is 5.47. The first-order valence-electron chi connectivity index (χ1n) is 7.02. The number of nitrogens with two attached hydrogens (primary N) is 1. The van der Waals surface area contributed by atoms with Crippen molar-refractivity contribution >= 4 is 22.1 Å². The molecule has 3 N–H and O–H groups in total. The highest BCUT2D eigenvalue weighted by Gasteiger charge is 2.15. The van der Waals surface area contributed by atoms with Gasteiger partial charge in [-0.25, -0.2) is 0 Å². The van der Waals surface area contributed by atoms with E-state index in [-0.39, 0.29) is 0 Å². The van der Waals surface area contributed by atoms with Gasteiger partial charge in [0.15, 0.2) is 0 Å². The van der Waals surface area contributed by atoms with Crippen LogP contribution in [-0.4, -0.2) is 36.6 Å². The molecular weight excluding hydrogens is 248 g/mol. The van der Waals surface area contributed by atoms with Crippen LogP contribution in [0.4, 0.5) is 11.4 Å². The second-order valence-corrected chi connectivity index (χ2v) is 5.88. The van der Waals surface area contributed by atoms with Gasteiger partial charge < -0.3 is 16.0 Å². The maximum absolute atomic E-state index is 6.02. The van der Waals surface area contributed by atoms with Gasteiger partial charge in [0, 0.05) is 47.1 Å². The average molecular weight is 272 g/mol. The molecule has 0 aliphatic heterocycles. The molecule has 2 rings (SSSR count). The van der Waals surface area contributed by atoms with Gasteiger partial charge in [0.1, 0.15) is 0 Å². The molecule has 0 aliphatic rings. The first-order valence-corrected chi connectivity index (χ1v) is 7.02. The molecule has 0 saturated heterocycles. The number of nitrogens with one attached hydrogen (secondary N) is 1. The number of anilines is 2. The Morgan fingerprint density at radius 2 is 1.95 bits per heavy atom. The van der Waals surface area contributed by atoms with Gasteiger partial charge in [-0.05, 0) is 38.2 Å². The fourth-order valence-electron chi connectivity index (χ4n) is 2.35. The highest BCUT2D eigenvalue weighted by molar-refractivity contribution is 6.00. The van der Waals surface area contributed by atoms with E-state index >= 15 is 0 Å². The van der Waals surface area contributed by atoms with Crippen molar-refractivity contribution in [1.29, 1.82) is 0 Å². The number of nitrogens with zero attached hydrogens (tertiary/aromatic N) is 2. The molecule has 0 spiro atoms. The van der Waals surface area contributed by atoms with E-state index in [1.807, 2.05) is 24.5 Å². The Kier molecular flexibility index (Phi) is 4.45. The van der Waals surface area contributed by atoms with Crippen LogP contribution in [0.2, 0.25) is 0 Å². The van der Waals surface area contributed by atoms with Gasteiger partial charge in [0.2, 0.25) is 0 Å². The number of fused-ring (bicyclic) bond motifs is 1. The summed E-state index contributed by atoms with van der Waals surface area (Å²) in [5.41, 5.74) is 7.91. The lowest BCUT2D eigenvalue weighted by Gasteiger charge is -2.27. The van der Waals surface area contributed by atoms with E-state index in [1.165, 1.54) is 0 Å². The van der Waals surface area contributed by atoms with E-state index < -0.39 is 0 Å². The maximum Gasteiger partial charge on any atom is 0.0425 e. The standard InChI is InChI=1S/C16H24N4/c1-11(2)16(10-20(3)4)19-15-6-5-14(17)13-9-18-8-7-12(13)15/h5-9,11,16,19H,10,17H2,1-4H3. The number of nitrogen functional groups attached to an aromatic ring is 1. The van der Waals surface area contributed by atoms with Crippen LogP contribution in [-0.2, 0) is 0 Å². The molecule has 1 atom stereocenters. The van der Waals surface area contributed by atoms with E-state index in [2.05, 4.69) is 49.2 Å². The Bertz CT molecular complexity index is 578. The predicted octanol–water partition coefficient (Wildman–Crippen LogP) is 2.82. The van der Waals surface area contributed by atoms with Crippen molar-refractivity contribution in [3.05, 3.63) is 30.6 Å². The summed E-state index contributed by atoms with van der Waals surface area (Å²) >= 11 is 0.